The summed E-state index contributed by atoms with van der Waals surface area (Å²) in [6.07, 6.45) is 2.30. The van der Waals surface area contributed by atoms with Gasteiger partial charge in [0.1, 0.15) is 22.8 Å². The van der Waals surface area contributed by atoms with Gasteiger partial charge in [0, 0.05) is 44.5 Å². The number of carbonyl (C=O) groups is 1. The number of pyridine rings is 1. The molecule has 37 heavy (non-hydrogen) atoms. The Bertz CT molecular complexity index is 1500. The van der Waals surface area contributed by atoms with Crippen LogP contribution in [0.15, 0.2) is 71.7 Å². The Labute approximate surface area is 213 Å². The molecule has 2 N–H and O–H groups in total. The fourth-order valence-electron chi connectivity index (χ4n) is 5.02. The number of anilines is 2. The van der Waals surface area contributed by atoms with Crippen molar-refractivity contribution in [1.82, 2.24) is 19.7 Å². The first-order valence-corrected chi connectivity index (χ1v) is 12.2. The Morgan fingerprint density at radius 1 is 1.16 bits per heavy atom. The lowest BCUT2D eigenvalue weighted by molar-refractivity contribution is 0.0786. The number of benzene rings is 2. The second kappa shape index (κ2) is 9.93. The molecular weight excluding hydrogens is 473 g/mol. The third-order valence-corrected chi connectivity index (χ3v) is 6.82. The summed E-state index contributed by atoms with van der Waals surface area (Å²) >= 11 is 0. The molecule has 4 aromatic rings. The molecule has 190 valence electrons. The number of nitrogens with zero attached hydrogens (tertiary/aromatic N) is 4. The van der Waals surface area contributed by atoms with E-state index in [-0.39, 0.29) is 23.8 Å². The molecule has 3 heterocycles. The van der Waals surface area contributed by atoms with Crippen molar-refractivity contribution in [3.63, 3.8) is 0 Å². The number of halogens is 1. The molecule has 9 heteroatoms. The van der Waals surface area contributed by atoms with Gasteiger partial charge in [-0.05, 0) is 43.2 Å². The predicted octanol–water partition coefficient (Wildman–Crippen LogP) is 4.41. The number of para-hydroxylation sites is 1. The number of amides is 1. The van der Waals surface area contributed by atoms with E-state index < -0.39 is 17.2 Å². The van der Waals surface area contributed by atoms with E-state index in [0.29, 0.717) is 42.1 Å². The third-order valence-electron chi connectivity index (χ3n) is 6.82. The third kappa shape index (κ3) is 4.48. The Hall–Kier alpha value is -4.40. The van der Waals surface area contributed by atoms with Crippen LogP contribution in [0.4, 0.5) is 15.8 Å². The Morgan fingerprint density at radius 3 is 2.57 bits per heavy atom. The summed E-state index contributed by atoms with van der Waals surface area (Å²) in [6, 6.07) is 17.7. The maximum absolute atomic E-state index is 14.4. The van der Waals surface area contributed by atoms with Crippen LogP contribution in [0.25, 0.3) is 11.4 Å². The number of aryl methyl sites for hydroxylation is 1. The average molecular weight is 502 g/mol. The molecule has 5 rings (SSSR count). The van der Waals surface area contributed by atoms with Crippen LogP contribution in [-0.2, 0) is 7.05 Å². The zero-order chi connectivity index (χ0) is 26.1. The Morgan fingerprint density at radius 2 is 1.89 bits per heavy atom. The van der Waals surface area contributed by atoms with E-state index in [1.807, 2.05) is 42.2 Å². The Kier molecular flexibility index (Phi) is 6.52. The lowest BCUT2D eigenvalue weighted by atomic mass is 9.98. The number of likely N-dealkylation sites (tertiary alicyclic amines) is 1. The highest BCUT2D eigenvalue weighted by Crippen LogP contribution is 2.41. The van der Waals surface area contributed by atoms with E-state index in [1.165, 1.54) is 11.0 Å². The minimum Gasteiger partial charge on any atom is -0.505 e. The van der Waals surface area contributed by atoms with E-state index in [2.05, 4.69) is 10.1 Å². The molecule has 0 radical (unpaired) electrons. The summed E-state index contributed by atoms with van der Waals surface area (Å²) in [6.45, 7) is 2.98. The zero-order valence-electron chi connectivity index (χ0n) is 20.7. The van der Waals surface area contributed by atoms with E-state index in [4.69, 9.17) is 0 Å². The van der Waals surface area contributed by atoms with Crippen LogP contribution in [0.2, 0.25) is 0 Å². The van der Waals surface area contributed by atoms with E-state index >= 15 is 0 Å². The number of hydrogen-bond acceptors (Lipinski definition) is 5. The monoisotopic (exact) mass is 501 g/mol. The van der Waals surface area contributed by atoms with Crippen molar-refractivity contribution < 1.29 is 14.3 Å². The first-order chi connectivity index (χ1) is 17.9. The number of hydrogen-bond donors (Lipinski definition) is 2. The van der Waals surface area contributed by atoms with Crippen molar-refractivity contribution >= 4 is 17.3 Å². The van der Waals surface area contributed by atoms with Gasteiger partial charge in [0.05, 0.1) is 5.69 Å². The van der Waals surface area contributed by atoms with Crippen molar-refractivity contribution in [1.29, 1.82) is 0 Å². The van der Waals surface area contributed by atoms with Crippen molar-refractivity contribution in [2.75, 3.05) is 24.5 Å². The van der Waals surface area contributed by atoms with Gasteiger partial charge in [-0.25, -0.2) is 4.39 Å². The van der Waals surface area contributed by atoms with E-state index in [1.54, 1.807) is 42.2 Å². The second-order valence-corrected chi connectivity index (χ2v) is 9.11. The molecule has 0 saturated carbocycles. The summed E-state index contributed by atoms with van der Waals surface area (Å²) in [5, 5.41) is 16.0. The standard InChI is InChI=1S/C28H28FN5O3/c1-3-34(19-9-5-4-6-10-19)25-24(22-14-15-32(2)31-22)30-27(36)23(26(25)35)28(37)33-16-13-18(17-33)20-11-7-8-12-21(20)29/h4-12,14-15,18H,3,13,16-17H2,1-2H3,(H2,30,35,36). The summed E-state index contributed by atoms with van der Waals surface area (Å²) < 4.78 is 16.0. The first-order valence-electron chi connectivity index (χ1n) is 12.2. The van der Waals surface area contributed by atoms with Crippen LogP contribution in [0.1, 0.15) is 35.2 Å². The number of aromatic hydroxyl groups is 1. The predicted molar refractivity (Wildman–Crippen MR) is 140 cm³/mol. The topological polar surface area (TPSA) is 94.5 Å². The van der Waals surface area contributed by atoms with Crippen LogP contribution < -0.4 is 10.5 Å². The number of nitrogens with one attached hydrogen (secondary N) is 1. The minimum atomic E-state index is -0.703. The van der Waals surface area contributed by atoms with Crippen LogP contribution in [0.5, 0.6) is 5.75 Å². The van der Waals surface area contributed by atoms with E-state index in [0.717, 1.165) is 5.69 Å². The molecular formula is C28H28FN5O3. The molecule has 1 amide bonds. The largest absolute Gasteiger partial charge is 0.505 e. The maximum atomic E-state index is 14.4. The van der Waals surface area contributed by atoms with Gasteiger partial charge in [0.15, 0.2) is 5.75 Å². The van der Waals surface area contributed by atoms with Gasteiger partial charge in [-0.2, -0.15) is 5.10 Å². The molecule has 1 aliphatic heterocycles. The highest BCUT2D eigenvalue weighted by molar-refractivity contribution is 6.00. The highest BCUT2D eigenvalue weighted by atomic mass is 19.1. The fourth-order valence-corrected chi connectivity index (χ4v) is 5.02. The molecule has 1 saturated heterocycles. The zero-order valence-corrected chi connectivity index (χ0v) is 20.7. The molecule has 0 aliphatic carbocycles. The number of carbonyl (C=O) groups excluding carboxylic acids is 1. The lowest BCUT2D eigenvalue weighted by Gasteiger charge is -2.27. The molecule has 0 spiro atoms. The maximum Gasteiger partial charge on any atom is 0.265 e. The number of rotatable bonds is 6. The van der Waals surface area contributed by atoms with Gasteiger partial charge in [0.2, 0.25) is 0 Å². The molecule has 0 bridgehead atoms. The molecule has 1 aliphatic rings. The van der Waals surface area contributed by atoms with Gasteiger partial charge in [-0.3, -0.25) is 14.3 Å². The molecule has 2 aromatic heterocycles. The summed E-state index contributed by atoms with van der Waals surface area (Å²) in [5.41, 5.74) is 1.35. The van der Waals surface area contributed by atoms with Crippen molar-refractivity contribution in [3.05, 3.63) is 94.2 Å². The minimum absolute atomic E-state index is 0.185. The van der Waals surface area contributed by atoms with Crippen LogP contribution in [0, 0.1) is 5.82 Å². The van der Waals surface area contributed by atoms with Gasteiger partial charge >= 0.3 is 0 Å². The summed E-state index contributed by atoms with van der Waals surface area (Å²) in [7, 11) is 1.76. The quantitative estimate of drug-likeness (QED) is 0.408. The number of aromatic nitrogens is 3. The lowest BCUT2D eigenvalue weighted by Crippen LogP contribution is -2.34. The summed E-state index contributed by atoms with van der Waals surface area (Å²) in [5.74, 6) is -1.49. The van der Waals surface area contributed by atoms with Crippen LogP contribution in [-0.4, -0.2) is 50.3 Å². The molecule has 1 atom stereocenters. The summed E-state index contributed by atoms with van der Waals surface area (Å²) in [4.78, 5) is 33.0. The van der Waals surface area contributed by atoms with Gasteiger partial charge < -0.3 is 19.9 Å². The first kappa shape index (κ1) is 24.3. The van der Waals surface area contributed by atoms with Crippen molar-refractivity contribution in [2.24, 2.45) is 7.05 Å². The van der Waals surface area contributed by atoms with Crippen LogP contribution >= 0.6 is 0 Å². The highest BCUT2D eigenvalue weighted by Gasteiger charge is 2.34. The molecule has 8 nitrogen and oxygen atoms in total. The fraction of sp³-hybridized carbons (Fsp3) is 0.250. The SMILES string of the molecule is CCN(c1ccccc1)c1c(-c2ccn(C)n2)[nH]c(=O)c(C(=O)N2CCC(c3ccccc3F)C2)c1O. The Balaban J connectivity index is 1.59. The van der Waals surface area contributed by atoms with Crippen LogP contribution in [0.3, 0.4) is 0 Å². The van der Waals surface area contributed by atoms with Crippen molar-refractivity contribution in [2.45, 2.75) is 19.3 Å². The van der Waals surface area contributed by atoms with E-state index in [9.17, 15) is 19.1 Å². The molecule has 2 aromatic carbocycles. The smallest absolute Gasteiger partial charge is 0.265 e. The van der Waals surface area contributed by atoms with Gasteiger partial charge in [0.25, 0.3) is 11.5 Å². The second-order valence-electron chi connectivity index (χ2n) is 9.11. The normalized spacial score (nSPS) is 15.2. The number of H-pyrrole nitrogens is 1. The molecule has 1 unspecified atom stereocenters. The molecule has 1 fully saturated rings. The van der Waals surface area contributed by atoms with Crippen molar-refractivity contribution in [3.8, 4) is 17.1 Å². The average Bonchev–Trinajstić information content (AvgIpc) is 3.56. The van der Waals surface area contributed by atoms with Gasteiger partial charge in [-0.15, -0.1) is 0 Å². The van der Waals surface area contributed by atoms with Gasteiger partial charge in [-0.1, -0.05) is 36.4 Å². The number of aromatic amines is 1.